The molecule has 0 saturated carbocycles. The average molecular weight is 460 g/mol. The molecule has 0 radical (unpaired) electrons. The fourth-order valence-corrected chi connectivity index (χ4v) is 3.62. The van der Waals surface area contributed by atoms with Crippen LogP contribution in [0.5, 0.6) is 5.75 Å². The van der Waals surface area contributed by atoms with Gasteiger partial charge in [-0.2, -0.15) is 19.6 Å². The van der Waals surface area contributed by atoms with Gasteiger partial charge in [-0.3, -0.25) is 4.79 Å². The monoisotopic (exact) mass is 459 g/mol. The number of carbonyl (C=O) groups excluding carboxylic acids is 1. The lowest BCUT2D eigenvalue weighted by Crippen LogP contribution is -2.19. The van der Waals surface area contributed by atoms with E-state index in [2.05, 4.69) is 44.3 Å². The Hall–Kier alpha value is -3.98. The van der Waals surface area contributed by atoms with E-state index in [1.807, 2.05) is 26.2 Å². The van der Waals surface area contributed by atoms with Gasteiger partial charge in [0.2, 0.25) is 5.91 Å². The number of ether oxygens (including phenoxy) is 1. The van der Waals surface area contributed by atoms with Crippen LogP contribution in [0.4, 0.5) is 11.5 Å². The second kappa shape index (κ2) is 10.3. The van der Waals surface area contributed by atoms with E-state index >= 15 is 0 Å². The van der Waals surface area contributed by atoms with Gasteiger partial charge in [0.05, 0.1) is 5.69 Å². The molecule has 0 fully saturated rings. The van der Waals surface area contributed by atoms with Gasteiger partial charge in [-0.15, -0.1) is 0 Å². The maximum atomic E-state index is 11.3. The van der Waals surface area contributed by atoms with E-state index in [4.69, 9.17) is 10.5 Å². The van der Waals surface area contributed by atoms with Crippen LogP contribution >= 0.6 is 0 Å². The molecule has 2 aromatic heterocycles. The number of nitrogens with zero attached hydrogens (tertiary/aromatic N) is 5. The van der Waals surface area contributed by atoms with Crippen molar-refractivity contribution in [1.29, 1.82) is 0 Å². The van der Waals surface area contributed by atoms with Crippen molar-refractivity contribution in [3.63, 3.8) is 0 Å². The second-order valence-electron chi connectivity index (χ2n) is 8.33. The molecule has 0 aliphatic heterocycles. The topological polar surface area (TPSA) is 111 Å². The average Bonchev–Trinajstić information content (AvgIpc) is 3.27. The Kier molecular flexibility index (Phi) is 7.03. The number of hydrogen-bond donors (Lipinski definition) is 2. The highest BCUT2D eigenvalue weighted by Crippen LogP contribution is 2.29. The van der Waals surface area contributed by atoms with Crippen LogP contribution in [0, 0.1) is 0 Å². The summed E-state index contributed by atoms with van der Waals surface area (Å²) in [4.78, 5) is 22.3. The van der Waals surface area contributed by atoms with E-state index in [0.29, 0.717) is 23.8 Å². The van der Waals surface area contributed by atoms with Gasteiger partial charge >= 0.3 is 0 Å². The van der Waals surface area contributed by atoms with Gasteiger partial charge in [0, 0.05) is 29.4 Å². The molecule has 0 atom stereocenters. The number of amides is 1. The van der Waals surface area contributed by atoms with Gasteiger partial charge < -0.3 is 20.7 Å². The summed E-state index contributed by atoms with van der Waals surface area (Å²) in [6.45, 7) is 3.59. The first-order valence-corrected chi connectivity index (χ1v) is 11.2. The van der Waals surface area contributed by atoms with E-state index in [9.17, 15) is 4.79 Å². The lowest BCUT2D eigenvalue weighted by Gasteiger charge is -2.15. The highest BCUT2D eigenvalue weighted by atomic mass is 16.5. The zero-order valence-corrected chi connectivity index (χ0v) is 19.7. The fraction of sp³-hybridized carbons (Fsp3) is 0.280. The molecule has 2 aromatic carbocycles. The molecular weight excluding hydrogens is 430 g/mol. The number of anilines is 2. The summed E-state index contributed by atoms with van der Waals surface area (Å²) in [6, 6.07) is 15.1. The Balaban J connectivity index is 1.70. The molecule has 3 N–H and O–H groups in total. The van der Waals surface area contributed by atoms with E-state index in [1.165, 1.54) is 11.9 Å². The molecule has 2 heterocycles. The standard InChI is InChI=1S/C25H29N7O2/c1-4-5-17-12-19(14-21(13-17)34-11-10-31(2)3)22-15-23(30-25-27-16-28-32(22)25)29-20-8-6-18(7-9-20)24(26)33/h6-9,12-16H,4-5,10-11H2,1-3H3,(H2,26,33)(H,27,28,29,30). The Bertz CT molecular complexity index is 1280. The fourth-order valence-electron chi connectivity index (χ4n) is 3.62. The van der Waals surface area contributed by atoms with Crippen LogP contribution in [0.1, 0.15) is 29.3 Å². The Morgan fingerprint density at radius 3 is 2.65 bits per heavy atom. The molecule has 9 heteroatoms. The Labute approximate surface area is 198 Å². The highest BCUT2D eigenvalue weighted by Gasteiger charge is 2.13. The van der Waals surface area contributed by atoms with Crippen molar-refractivity contribution in [3.8, 4) is 17.0 Å². The molecule has 34 heavy (non-hydrogen) atoms. The van der Waals surface area contributed by atoms with Crippen molar-refractivity contribution < 1.29 is 9.53 Å². The molecule has 0 unspecified atom stereocenters. The minimum Gasteiger partial charge on any atom is -0.492 e. The number of hydrogen-bond acceptors (Lipinski definition) is 7. The summed E-state index contributed by atoms with van der Waals surface area (Å²) in [5.74, 6) is 1.44. The van der Waals surface area contributed by atoms with Gasteiger partial charge in [0.25, 0.3) is 5.78 Å². The lowest BCUT2D eigenvalue weighted by molar-refractivity contribution is 0.100. The quantitative estimate of drug-likeness (QED) is 0.373. The van der Waals surface area contributed by atoms with Gasteiger partial charge in [0.15, 0.2) is 0 Å². The van der Waals surface area contributed by atoms with Crippen LogP contribution in [0.2, 0.25) is 0 Å². The zero-order chi connectivity index (χ0) is 24.1. The van der Waals surface area contributed by atoms with Crippen molar-refractivity contribution in [2.24, 2.45) is 5.73 Å². The maximum Gasteiger partial charge on any atom is 0.254 e. The molecule has 0 aliphatic rings. The molecule has 0 aliphatic carbocycles. The molecule has 4 rings (SSSR count). The van der Waals surface area contributed by atoms with Crippen molar-refractivity contribution in [1.82, 2.24) is 24.5 Å². The van der Waals surface area contributed by atoms with Gasteiger partial charge in [-0.1, -0.05) is 13.3 Å². The predicted molar refractivity (Wildman–Crippen MR) is 133 cm³/mol. The van der Waals surface area contributed by atoms with E-state index in [-0.39, 0.29) is 0 Å². The summed E-state index contributed by atoms with van der Waals surface area (Å²) < 4.78 is 7.78. The third kappa shape index (κ3) is 5.49. The third-order valence-electron chi connectivity index (χ3n) is 5.30. The number of nitrogens with one attached hydrogen (secondary N) is 1. The van der Waals surface area contributed by atoms with Crippen LogP contribution in [0.25, 0.3) is 17.0 Å². The summed E-state index contributed by atoms with van der Waals surface area (Å²) in [7, 11) is 4.05. The summed E-state index contributed by atoms with van der Waals surface area (Å²) in [5.41, 5.74) is 9.57. The number of rotatable bonds is 10. The number of nitrogens with two attached hydrogens (primary N) is 1. The maximum absolute atomic E-state index is 11.3. The van der Waals surface area contributed by atoms with Crippen LogP contribution in [0.15, 0.2) is 54.9 Å². The largest absolute Gasteiger partial charge is 0.492 e. The lowest BCUT2D eigenvalue weighted by atomic mass is 10.0. The minimum absolute atomic E-state index is 0.446. The first-order valence-electron chi connectivity index (χ1n) is 11.2. The first kappa shape index (κ1) is 23.2. The number of likely N-dealkylation sites (N-methyl/N-ethyl adjacent to an activating group) is 1. The number of primary amides is 1. The molecule has 1 amide bonds. The van der Waals surface area contributed by atoms with Crippen LogP contribution in [-0.2, 0) is 6.42 Å². The van der Waals surface area contributed by atoms with Gasteiger partial charge in [-0.05, 0) is 68.5 Å². The second-order valence-corrected chi connectivity index (χ2v) is 8.33. The summed E-state index contributed by atoms with van der Waals surface area (Å²) in [5, 5.41) is 7.66. The van der Waals surface area contributed by atoms with Crippen molar-refractivity contribution in [3.05, 3.63) is 66.0 Å². The zero-order valence-electron chi connectivity index (χ0n) is 19.7. The van der Waals surface area contributed by atoms with Crippen molar-refractivity contribution in [2.45, 2.75) is 19.8 Å². The predicted octanol–water partition coefficient (Wildman–Crippen LogP) is 3.53. The number of aromatic nitrogens is 4. The van der Waals surface area contributed by atoms with Gasteiger partial charge in [0.1, 0.15) is 24.5 Å². The molecule has 0 bridgehead atoms. The molecule has 0 spiro atoms. The van der Waals surface area contributed by atoms with Crippen molar-refractivity contribution >= 4 is 23.2 Å². The minimum atomic E-state index is -0.465. The third-order valence-corrected chi connectivity index (χ3v) is 5.30. The number of benzene rings is 2. The summed E-state index contributed by atoms with van der Waals surface area (Å²) in [6.07, 6.45) is 3.46. The number of fused-ring (bicyclic) bond motifs is 1. The SMILES string of the molecule is CCCc1cc(OCCN(C)C)cc(-c2cc(Nc3ccc(C(N)=O)cc3)nc3ncnn23)c1. The van der Waals surface area contributed by atoms with Gasteiger partial charge in [-0.25, -0.2) is 0 Å². The molecule has 4 aromatic rings. The number of carbonyl (C=O) groups is 1. The van der Waals surface area contributed by atoms with Crippen LogP contribution < -0.4 is 15.8 Å². The molecular formula is C25H29N7O2. The molecule has 9 nitrogen and oxygen atoms in total. The number of aryl methyl sites for hydroxylation is 1. The smallest absolute Gasteiger partial charge is 0.254 e. The van der Waals surface area contributed by atoms with E-state index < -0.39 is 5.91 Å². The van der Waals surface area contributed by atoms with E-state index in [0.717, 1.165) is 42.1 Å². The normalized spacial score (nSPS) is 11.2. The summed E-state index contributed by atoms with van der Waals surface area (Å²) >= 11 is 0. The Morgan fingerprint density at radius 1 is 1.15 bits per heavy atom. The molecule has 176 valence electrons. The molecule has 0 saturated heterocycles. The van der Waals surface area contributed by atoms with E-state index in [1.54, 1.807) is 28.8 Å². The van der Waals surface area contributed by atoms with Crippen molar-refractivity contribution in [2.75, 3.05) is 32.6 Å². The Morgan fingerprint density at radius 2 is 1.94 bits per heavy atom. The highest BCUT2D eigenvalue weighted by molar-refractivity contribution is 5.93. The van der Waals surface area contributed by atoms with Crippen LogP contribution in [-0.4, -0.2) is 57.6 Å². The first-order chi connectivity index (χ1) is 16.4. The van der Waals surface area contributed by atoms with Crippen LogP contribution in [0.3, 0.4) is 0 Å².